The number of carbonyl (C=O) groups is 1. The summed E-state index contributed by atoms with van der Waals surface area (Å²) in [6.07, 6.45) is 0.300. The van der Waals surface area contributed by atoms with Gasteiger partial charge in [-0.2, -0.15) is 5.26 Å². The third-order valence-corrected chi connectivity index (χ3v) is 3.08. The standard InChI is InChI=1S/C17H24N2O3/c1-17(2,3)12-19(11-7-10-18)16(20)13-8-6-9-14(21-4)15(13)22-5/h6,8-9H,7,11-12H2,1-5H3. The van der Waals surface area contributed by atoms with Gasteiger partial charge in [0, 0.05) is 13.1 Å². The van der Waals surface area contributed by atoms with Crippen molar-refractivity contribution in [2.45, 2.75) is 27.2 Å². The molecular formula is C17H24N2O3. The molecule has 0 aliphatic heterocycles. The first kappa shape index (κ1) is 17.8. The Morgan fingerprint density at radius 1 is 1.27 bits per heavy atom. The quantitative estimate of drug-likeness (QED) is 0.810. The maximum Gasteiger partial charge on any atom is 0.257 e. The first-order valence-corrected chi connectivity index (χ1v) is 7.21. The maximum absolute atomic E-state index is 12.9. The second-order valence-corrected chi connectivity index (χ2v) is 6.24. The van der Waals surface area contributed by atoms with Gasteiger partial charge in [-0.1, -0.05) is 26.8 Å². The molecule has 0 aromatic heterocycles. The van der Waals surface area contributed by atoms with Crippen LogP contribution in [0, 0.1) is 16.7 Å². The highest BCUT2D eigenvalue weighted by Crippen LogP contribution is 2.32. The van der Waals surface area contributed by atoms with E-state index >= 15 is 0 Å². The van der Waals surface area contributed by atoms with E-state index < -0.39 is 0 Å². The molecular weight excluding hydrogens is 280 g/mol. The van der Waals surface area contributed by atoms with Gasteiger partial charge in [-0.05, 0) is 17.5 Å². The van der Waals surface area contributed by atoms with E-state index in [1.807, 2.05) is 0 Å². The summed E-state index contributed by atoms with van der Waals surface area (Å²) < 4.78 is 10.6. The van der Waals surface area contributed by atoms with Crippen LogP contribution in [0.2, 0.25) is 0 Å². The zero-order valence-electron chi connectivity index (χ0n) is 14.0. The lowest BCUT2D eigenvalue weighted by Crippen LogP contribution is -2.38. The predicted octanol–water partition coefficient (Wildman–Crippen LogP) is 3.11. The summed E-state index contributed by atoms with van der Waals surface area (Å²) in [5.74, 6) is 0.788. The van der Waals surface area contributed by atoms with Crippen LogP contribution in [-0.2, 0) is 0 Å². The summed E-state index contributed by atoms with van der Waals surface area (Å²) in [6, 6.07) is 7.31. The summed E-state index contributed by atoms with van der Waals surface area (Å²) in [6.45, 7) is 7.13. The fourth-order valence-corrected chi connectivity index (χ4v) is 2.24. The number of carbonyl (C=O) groups excluding carboxylic acids is 1. The predicted molar refractivity (Wildman–Crippen MR) is 85.1 cm³/mol. The molecule has 0 bridgehead atoms. The van der Waals surface area contributed by atoms with E-state index in [2.05, 4.69) is 26.8 Å². The minimum atomic E-state index is -0.152. The molecule has 0 saturated carbocycles. The second-order valence-electron chi connectivity index (χ2n) is 6.24. The fraction of sp³-hybridized carbons (Fsp3) is 0.529. The van der Waals surface area contributed by atoms with E-state index in [1.54, 1.807) is 23.1 Å². The van der Waals surface area contributed by atoms with Crippen molar-refractivity contribution in [2.24, 2.45) is 5.41 Å². The number of hydrogen-bond acceptors (Lipinski definition) is 4. The van der Waals surface area contributed by atoms with Crippen molar-refractivity contribution in [3.8, 4) is 17.6 Å². The van der Waals surface area contributed by atoms with Gasteiger partial charge in [0.05, 0.1) is 32.3 Å². The molecule has 1 amide bonds. The molecule has 0 unspecified atom stereocenters. The van der Waals surface area contributed by atoms with Crippen LogP contribution in [0.25, 0.3) is 0 Å². The van der Waals surface area contributed by atoms with Gasteiger partial charge >= 0.3 is 0 Å². The van der Waals surface area contributed by atoms with Gasteiger partial charge in [-0.3, -0.25) is 4.79 Å². The molecule has 0 heterocycles. The van der Waals surface area contributed by atoms with Crippen molar-refractivity contribution < 1.29 is 14.3 Å². The number of hydrogen-bond donors (Lipinski definition) is 0. The van der Waals surface area contributed by atoms with E-state index in [1.165, 1.54) is 14.2 Å². The SMILES string of the molecule is COc1cccc(C(=O)N(CCC#N)CC(C)(C)C)c1OC. The fourth-order valence-electron chi connectivity index (χ4n) is 2.24. The summed E-state index contributed by atoms with van der Waals surface area (Å²) in [5.41, 5.74) is 0.390. The van der Waals surface area contributed by atoms with Crippen molar-refractivity contribution in [1.29, 1.82) is 5.26 Å². The van der Waals surface area contributed by atoms with Crippen molar-refractivity contribution in [3.63, 3.8) is 0 Å². The smallest absolute Gasteiger partial charge is 0.257 e. The third-order valence-electron chi connectivity index (χ3n) is 3.08. The molecule has 22 heavy (non-hydrogen) atoms. The molecule has 0 aliphatic rings. The minimum Gasteiger partial charge on any atom is -0.493 e. The van der Waals surface area contributed by atoms with E-state index in [0.29, 0.717) is 36.6 Å². The molecule has 0 aliphatic carbocycles. The highest BCUT2D eigenvalue weighted by Gasteiger charge is 2.25. The number of rotatable bonds is 6. The molecule has 0 spiro atoms. The molecule has 1 aromatic carbocycles. The Bertz CT molecular complexity index is 556. The normalized spacial score (nSPS) is 10.7. The van der Waals surface area contributed by atoms with Gasteiger partial charge in [0.1, 0.15) is 0 Å². The lowest BCUT2D eigenvalue weighted by molar-refractivity contribution is 0.0696. The average molecular weight is 304 g/mol. The molecule has 0 saturated heterocycles. The van der Waals surface area contributed by atoms with Crippen molar-refractivity contribution >= 4 is 5.91 Å². The van der Waals surface area contributed by atoms with Crippen LogP contribution in [0.5, 0.6) is 11.5 Å². The largest absolute Gasteiger partial charge is 0.493 e. The van der Waals surface area contributed by atoms with Gasteiger partial charge in [0.15, 0.2) is 11.5 Å². The number of nitriles is 1. The first-order valence-electron chi connectivity index (χ1n) is 7.21. The zero-order valence-corrected chi connectivity index (χ0v) is 14.0. The number of amides is 1. The lowest BCUT2D eigenvalue weighted by atomic mass is 9.95. The topological polar surface area (TPSA) is 62.6 Å². The average Bonchev–Trinajstić information content (AvgIpc) is 2.48. The lowest BCUT2D eigenvalue weighted by Gasteiger charge is -2.30. The van der Waals surface area contributed by atoms with Gasteiger partial charge < -0.3 is 14.4 Å². The van der Waals surface area contributed by atoms with Crippen LogP contribution < -0.4 is 9.47 Å². The molecule has 5 nitrogen and oxygen atoms in total. The summed E-state index contributed by atoms with van der Waals surface area (Å²) in [7, 11) is 3.05. The number of methoxy groups -OCH3 is 2. The van der Waals surface area contributed by atoms with Crippen LogP contribution in [0.3, 0.4) is 0 Å². The Morgan fingerprint density at radius 3 is 2.45 bits per heavy atom. The number of nitrogens with zero attached hydrogens (tertiary/aromatic N) is 2. The third kappa shape index (κ3) is 4.66. The van der Waals surface area contributed by atoms with Gasteiger partial charge in [0.25, 0.3) is 5.91 Å². The van der Waals surface area contributed by atoms with E-state index in [0.717, 1.165) is 0 Å². The van der Waals surface area contributed by atoms with Gasteiger partial charge in [-0.25, -0.2) is 0 Å². The maximum atomic E-state index is 12.9. The molecule has 0 atom stereocenters. The Hall–Kier alpha value is -2.22. The summed E-state index contributed by atoms with van der Waals surface area (Å²) >= 11 is 0. The molecule has 0 N–H and O–H groups in total. The van der Waals surface area contributed by atoms with E-state index in [-0.39, 0.29) is 11.3 Å². The molecule has 120 valence electrons. The number of benzene rings is 1. The Balaban J connectivity index is 3.16. The van der Waals surface area contributed by atoms with Crippen molar-refractivity contribution in [2.75, 3.05) is 27.3 Å². The highest BCUT2D eigenvalue weighted by atomic mass is 16.5. The molecule has 0 radical (unpaired) electrons. The first-order chi connectivity index (χ1) is 10.3. The van der Waals surface area contributed by atoms with Gasteiger partial charge in [-0.15, -0.1) is 0 Å². The van der Waals surface area contributed by atoms with Crippen molar-refractivity contribution in [3.05, 3.63) is 23.8 Å². The number of ether oxygens (including phenoxy) is 2. The van der Waals surface area contributed by atoms with E-state index in [4.69, 9.17) is 14.7 Å². The second kappa shape index (κ2) is 7.69. The zero-order chi connectivity index (χ0) is 16.8. The molecule has 1 aromatic rings. The Labute approximate surface area is 132 Å². The van der Waals surface area contributed by atoms with Crippen LogP contribution in [0.1, 0.15) is 37.6 Å². The van der Waals surface area contributed by atoms with E-state index in [9.17, 15) is 4.79 Å². The Kier molecular flexibility index (Phi) is 6.24. The molecule has 5 heteroatoms. The monoisotopic (exact) mass is 304 g/mol. The van der Waals surface area contributed by atoms with Crippen LogP contribution in [0.15, 0.2) is 18.2 Å². The Morgan fingerprint density at radius 2 is 1.95 bits per heavy atom. The summed E-state index contributed by atoms with van der Waals surface area (Å²) in [5, 5.41) is 8.82. The van der Waals surface area contributed by atoms with Crippen LogP contribution >= 0.6 is 0 Å². The minimum absolute atomic E-state index is 0.0583. The summed E-state index contributed by atoms with van der Waals surface area (Å²) in [4.78, 5) is 14.6. The van der Waals surface area contributed by atoms with Crippen LogP contribution in [0.4, 0.5) is 0 Å². The molecule has 1 rings (SSSR count). The van der Waals surface area contributed by atoms with Crippen LogP contribution in [-0.4, -0.2) is 38.1 Å². The van der Waals surface area contributed by atoms with Gasteiger partial charge in [0.2, 0.25) is 0 Å². The van der Waals surface area contributed by atoms with Crippen molar-refractivity contribution in [1.82, 2.24) is 4.90 Å². The highest BCUT2D eigenvalue weighted by molar-refractivity contribution is 5.97. The molecule has 0 fully saturated rings. The number of para-hydroxylation sites is 1.